The standard InChI is InChI=1S/C15H8Br2ClNO2/c16-9-3-4-13-11(5-9)14(20)15(21)19(13)7-8-1-2-10(17)6-12(8)18/h1-6H,7H2. The van der Waals surface area contributed by atoms with Gasteiger partial charge in [-0.05, 0) is 35.9 Å². The molecule has 0 aromatic heterocycles. The lowest BCUT2D eigenvalue weighted by Crippen LogP contribution is -2.29. The van der Waals surface area contributed by atoms with Gasteiger partial charge in [0.25, 0.3) is 11.7 Å². The molecule has 0 bridgehead atoms. The fraction of sp³-hybridized carbons (Fsp3) is 0.0667. The number of anilines is 1. The van der Waals surface area contributed by atoms with E-state index in [1.807, 2.05) is 12.1 Å². The number of amides is 1. The van der Waals surface area contributed by atoms with Crippen molar-refractivity contribution >= 4 is 60.8 Å². The summed E-state index contributed by atoms with van der Waals surface area (Å²) in [5.74, 6) is -1.01. The van der Waals surface area contributed by atoms with Crippen LogP contribution in [0.2, 0.25) is 5.02 Å². The van der Waals surface area contributed by atoms with Gasteiger partial charge < -0.3 is 4.90 Å². The maximum absolute atomic E-state index is 12.2. The maximum atomic E-state index is 12.2. The molecule has 1 aliphatic rings. The van der Waals surface area contributed by atoms with E-state index >= 15 is 0 Å². The first-order valence-electron chi connectivity index (χ1n) is 6.07. The topological polar surface area (TPSA) is 37.4 Å². The summed E-state index contributed by atoms with van der Waals surface area (Å²) >= 11 is 12.8. The smallest absolute Gasteiger partial charge is 0.299 e. The van der Waals surface area contributed by atoms with Crippen molar-refractivity contribution in [3.63, 3.8) is 0 Å². The first kappa shape index (κ1) is 14.8. The summed E-state index contributed by atoms with van der Waals surface area (Å²) in [5, 5.41) is 0.551. The van der Waals surface area contributed by atoms with Gasteiger partial charge in [0.05, 0.1) is 17.8 Å². The third-order valence-electron chi connectivity index (χ3n) is 3.28. The van der Waals surface area contributed by atoms with Gasteiger partial charge in [0.1, 0.15) is 0 Å². The molecule has 0 radical (unpaired) electrons. The lowest BCUT2D eigenvalue weighted by molar-refractivity contribution is -0.114. The van der Waals surface area contributed by atoms with Crippen LogP contribution in [0.15, 0.2) is 45.3 Å². The molecule has 3 rings (SSSR count). The predicted molar refractivity (Wildman–Crippen MR) is 88.8 cm³/mol. The Morgan fingerprint density at radius 1 is 1.00 bits per heavy atom. The van der Waals surface area contributed by atoms with Crippen LogP contribution in [-0.2, 0) is 11.3 Å². The number of carbonyl (C=O) groups excluding carboxylic acids is 2. The van der Waals surface area contributed by atoms with Gasteiger partial charge in [-0.15, -0.1) is 0 Å². The highest BCUT2D eigenvalue weighted by Gasteiger charge is 2.36. The number of rotatable bonds is 2. The molecule has 1 heterocycles. The van der Waals surface area contributed by atoms with Crippen LogP contribution in [0.3, 0.4) is 0 Å². The second-order valence-corrected chi connectivity index (χ2v) is 6.86. The highest BCUT2D eigenvalue weighted by molar-refractivity contribution is 9.10. The number of halogens is 3. The van der Waals surface area contributed by atoms with E-state index in [4.69, 9.17) is 11.6 Å². The molecule has 0 N–H and O–H groups in total. The monoisotopic (exact) mass is 427 g/mol. The minimum Gasteiger partial charge on any atom is -0.300 e. The van der Waals surface area contributed by atoms with E-state index in [0.717, 1.165) is 14.5 Å². The van der Waals surface area contributed by atoms with E-state index in [2.05, 4.69) is 31.9 Å². The zero-order valence-corrected chi connectivity index (χ0v) is 14.5. The first-order chi connectivity index (χ1) is 9.97. The van der Waals surface area contributed by atoms with Crippen molar-refractivity contribution in [1.29, 1.82) is 0 Å². The van der Waals surface area contributed by atoms with Crippen molar-refractivity contribution in [1.82, 2.24) is 0 Å². The highest BCUT2D eigenvalue weighted by Crippen LogP contribution is 2.33. The van der Waals surface area contributed by atoms with Crippen LogP contribution in [0, 0.1) is 0 Å². The Bertz CT molecular complexity index is 776. The number of hydrogen-bond acceptors (Lipinski definition) is 2. The van der Waals surface area contributed by atoms with Gasteiger partial charge in [0.15, 0.2) is 0 Å². The van der Waals surface area contributed by atoms with Crippen LogP contribution in [0.1, 0.15) is 15.9 Å². The first-order valence-corrected chi connectivity index (χ1v) is 8.03. The molecule has 1 aliphatic heterocycles. The molecule has 21 heavy (non-hydrogen) atoms. The van der Waals surface area contributed by atoms with E-state index in [0.29, 0.717) is 16.3 Å². The molecule has 2 aromatic carbocycles. The van der Waals surface area contributed by atoms with Gasteiger partial charge in [-0.3, -0.25) is 9.59 Å². The van der Waals surface area contributed by atoms with Crippen LogP contribution in [-0.4, -0.2) is 11.7 Å². The molecule has 1 amide bonds. The van der Waals surface area contributed by atoms with Gasteiger partial charge in [-0.1, -0.05) is 49.5 Å². The number of hydrogen-bond donors (Lipinski definition) is 0. The average molecular weight is 429 g/mol. The summed E-state index contributed by atoms with van der Waals surface area (Å²) in [6, 6.07) is 10.7. The molecule has 0 atom stereocenters. The Morgan fingerprint density at radius 3 is 2.38 bits per heavy atom. The second kappa shape index (κ2) is 5.55. The fourth-order valence-electron chi connectivity index (χ4n) is 2.25. The van der Waals surface area contributed by atoms with E-state index in [-0.39, 0.29) is 6.54 Å². The SMILES string of the molecule is O=C1C(=O)N(Cc2ccc(Br)cc2Cl)c2ccc(Br)cc21. The molecule has 0 fully saturated rings. The largest absolute Gasteiger partial charge is 0.300 e. The Hall–Kier alpha value is -1.17. The van der Waals surface area contributed by atoms with Crippen molar-refractivity contribution in [3.8, 4) is 0 Å². The fourth-order valence-corrected chi connectivity index (χ4v) is 3.34. The number of benzene rings is 2. The molecule has 0 saturated carbocycles. The lowest BCUT2D eigenvalue weighted by atomic mass is 10.1. The number of carbonyl (C=O) groups is 2. The molecule has 2 aromatic rings. The van der Waals surface area contributed by atoms with Crippen LogP contribution in [0.5, 0.6) is 0 Å². The molecule has 6 heteroatoms. The molecule has 0 aliphatic carbocycles. The number of fused-ring (bicyclic) bond motifs is 1. The second-order valence-electron chi connectivity index (χ2n) is 4.62. The predicted octanol–water partition coefficient (Wildman–Crippen LogP) is 4.59. The third-order valence-corrected chi connectivity index (χ3v) is 4.62. The lowest BCUT2D eigenvalue weighted by Gasteiger charge is -2.17. The van der Waals surface area contributed by atoms with Crippen LogP contribution in [0.4, 0.5) is 5.69 Å². The molecular weight excluding hydrogens is 421 g/mol. The van der Waals surface area contributed by atoms with Gasteiger partial charge in [0, 0.05) is 14.0 Å². The minimum atomic E-state index is -0.526. The summed E-state index contributed by atoms with van der Waals surface area (Å²) in [7, 11) is 0. The summed E-state index contributed by atoms with van der Waals surface area (Å²) in [5.41, 5.74) is 1.83. The van der Waals surface area contributed by atoms with Crippen molar-refractivity contribution in [2.75, 3.05) is 4.90 Å². The van der Waals surface area contributed by atoms with Crippen LogP contribution in [0.25, 0.3) is 0 Å². The van der Waals surface area contributed by atoms with Gasteiger partial charge in [0.2, 0.25) is 0 Å². The molecule has 106 valence electrons. The average Bonchev–Trinajstić information content (AvgIpc) is 2.66. The molecule has 0 spiro atoms. The summed E-state index contributed by atoms with van der Waals surface area (Å²) in [6.07, 6.45) is 0. The molecule has 3 nitrogen and oxygen atoms in total. The van der Waals surface area contributed by atoms with Crippen LogP contribution < -0.4 is 4.90 Å². The normalized spacial score (nSPS) is 13.8. The number of ketones is 1. The highest BCUT2D eigenvalue weighted by atomic mass is 79.9. The van der Waals surface area contributed by atoms with E-state index in [1.54, 1.807) is 24.3 Å². The van der Waals surface area contributed by atoms with Crippen molar-refractivity contribution < 1.29 is 9.59 Å². The zero-order chi connectivity index (χ0) is 15.1. The summed E-state index contributed by atoms with van der Waals surface area (Å²) in [6.45, 7) is 0.269. The number of nitrogens with zero attached hydrogens (tertiary/aromatic N) is 1. The Balaban J connectivity index is 2.00. The summed E-state index contributed by atoms with van der Waals surface area (Å²) < 4.78 is 1.63. The number of Topliss-reactive ketones (excluding diaryl/α,β-unsaturated/α-hetero) is 1. The quantitative estimate of drug-likeness (QED) is 0.655. The Kier molecular flexibility index (Phi) is 3.90. The van der Waals surface area contributed by atoms with E-state index in [1.165, 1.54) is 4.90 Å². The van der Waals surface area contributed by atoms with Gasteiger partial charge in [-0.2, -0.15) is 0 Å². The van der Waals surface area contributed by atoms with Crippen molar-refractivity contribution in [2.45, 2.75) is 6.54 Å². The molecular formula is C15H8Br2ClNO2. The third kappa shape index (κ3) is 2.65. The Labute approximate surface area is 143 Å². The molecule has 0 unspecified atom stereocenters. The van der Waals surface area contributed by atoms with Crippen LogP contribution >= 0.6 is 43.5 Å². The minimum absolute atomic E-state index is 0.269. The zero-order valence-electron chi connectivity index (χ0n) is 10.6. The van der Waals surface area contributed by atoms with Gasteiger partial charge >= 0.3 is 0 Å². The van der Waals surface area contributed by atoms with Crippen molar-refractivity contribution in [3.05, 3.63) is 61.5 Å². The Morgan fingerprint density at radius 2 is 1.67 bits per heavy atom. The molecule has 0 saturated heterocycles. The van der Waals surface area contributed by atoms with Crippen molar-refractivity contribution in [2.24, 2.45) is 0 Å². The van der Waals surface area contributed by atoms with E-state index in [9.17, 15) is 9.59 Å². The van der Waals surface area contributed by atoms with E-state index < -0.39 is 11.7 Å². The van der Waals surface area contributed by atoms with Gasteiger partial charge in [-0.25, -0.2) is 0 Å². The summed E-state index contributed by atoms with van der Waals surface area (Å²) in [4.78, 5) is 25.7. The maximum Gasteiger partial charge on any atom is 0.299 e.